The van der Waals surface area contributed by atoms with Crippen LogP contribution in [-0.4, -0.2) is 14.2 Å². The second kappa shape index (κ2) is 10.6. The molecule has 2 heterocycles. The predicted molar refractivity (Wildman–Crippen MR) is 176 cm³/mol. The van der Waals surface area contributed by atoms with Gasteiger partial charge in [0, 0.05) is 40.7 Å². The van der Waals surface area contributed by atoms with Crippen LogP contribution in [0.1, 0.15) is 21.6 Å². The minimum Gasteiger partial charge on any atom is -0.495 e. The molecule has 2 aromatic heterocycles. The lowest BCUT2D eigenvalue weighted by Crippen LogP contribution is -1.93. The number of rotatable bonds is 6. The molecule has 0 fully saturated rings. The SMILES string of the molecule is COc1c2cc3sc(/C=C/C=C/C=C/c4ccc(S)cc4)c(C)c3cc2c(OC)c2cc3scc(C)c3cc12. The maximum atomic E-state index is 6.05. The first-order valence-corrected chi connectivity index (χ1v) is 14.9. The molecule has 6 rings (SSSR count). The van der Waals surface area contributed by atoms with Gasteiger partial charge in [0.1, 0.15) is 11.5 Å². The van der Waals surface area contributed by atoms with Crippen molar-refractivity contribution >= 4 is 89.2 Å². The van der Waals surface area contributed by atoms with E-state index in [1.54, 1.807) is 36.9 Å². The van der Waals surface area contributed by atoms with Gasteiger partial charge in [-0.05, 0) is 89.2 Å². The Morgan fingerprint density at radius 3 is 1.92 bits per heavy atom. The third kappa shape index (κ3) is 4.65. The van der Waals surface area contributed by atoms with Crippen LogP contribution in [0.15, 0.2) is 83.1 Å². The van der Waals surface area contributed by atoms with E-state index in [4.69, 9.17) is 9.47 Å². The summed E-state index contributed by atoms with van der Waals surface area (Å²) in [4.78, 5) is 2.22. The highest BCUT2D eigenvalue weighted by molar-refractivity contribution is 7.80. The Morgan fingerprint density at radius 2 is 1.26 bits per heavy atom. The van der Waals surface area contributed by atoms with E-state index in [1.807, 2.05) is 12.1 Å². The topological polar surface area (TPSA) is 18.5 Å². The zero-order chi connectivity index (χ0) is 27.1. The molecule has 0 amide bonds. The molecule has 0 aliphatic heterocycles. The molecule has 0 atom stereocenters. The fraction of sp³-hybridized carbons (Fsp3) is 0.118. The number of aryl methyl sites for hydroxylation is 2. The van der Waals surface area contributed by atoms with E-state index in [1.165, 1.54) is 36.2 Å². The number of thiol groups is 1. The van der Waals surface area contributed by atoms with Gasteiger partial charge in [0.05, 0.1) is 14.2 Å². The summed E-state index contributed by atoms with van der Waals surface area (Å²) in [6.07, 6.45) is 12.5. The van der Waals surface area contributed by atoms with Crippen LogP contribution in [0.25, 0.3) is 53.9 Å². The van der Waals surface area contributed by atoms with Crippen LogP contribution in [0.4, 0.5) is 0 Å². The first-order chi connectivity index (χ1) is 19.0. The van der Waals surface area contributed by atoms with E-state index < -0.39 is 0 Å². The first-order valence-electron chi connectivity index (χ1n) is 12.7. The summed E-state index contributed by atoms with van der Waals surface area (Å²) in [6, 6.07) is 17.2. The highest BCUT2D eigenvalue weighted by Crippen LogP contribution is 2.47. The van der Waals surface area contributed by atoms with Gasteiger partial charge in [-0.15, -0.1) is 35.3 Å². The third-order valence-electron chi connectivity index (χ3n) is 7.17. The molecule has 5 heteroatoms. The molecule has 0 saturated carbocycles. The van der Waals surface area contributed by atoms with E-state index >= 15 is 0 Å². The van der Waals surface area contributed by atoms with Crippen molar-refractivity contribution in [3.63, 3.8) is 0 Å². The van der Waals surface area contributed by atoms with Crippen molar-refractivity contribution in [2.75, 3.05) is 14.2 Å². The summed E-state index contributed by atoms with van der Waals surface area (Å²) in [6.45, 7) is 4.36. The van der Waals surface area contributed by atoms with Crippen molar-refractivity contribution < 1.29 is 9.47 Å². The molecule has 0 spiro atoms. The number of thiophene rings is 2. The van der Waals surface area contributed by atoms with Crippen LogP contribution in [0.5, 0.6) is 11.5 Å². The van der Waals surface area contributed by atoms with Gasteiger partial charge in [-0.2, -0.15) is 0 Å². The third-order valence-corrected chi connectivity index (χ3v) is 9.75. The monoisotopic (exact) mass is 564 g/mol. The number of allylic oxidation sites excluding steroid dienone is 4. The quantitative estimate of drug-likeness (QED) is 0.123. The van der Waals surface area contributed by atoms with Gasteiger partial charge < -0.3 is 9.47 Å². The van der Waals surface area contributed by atoms with Crippen molar-refractivity contribution in [1.29, 1.82) is 0 Å². The van der Waals surface area contributed by atoms with Gasteiger partial charge in [-0.3, -0.25) is 0 Å². The van der Waals surface area contributed by atoms with Crippen LogP contribution < -0.4 is 9.47 Å². The van der Waals surface area contributed by atoms with Crippen LogP contribution in [0.2, 0.25) is 0 Å². The minimum atomic E-state index is 0.900. The second-order valence-corrected chi connectivity index (χ2v) is 12.1. The Hall–Kier alpha value is -3.51. The van der Waals surface area contributed by atoms with Gasteiger partial charge in [0.25, 0.3) is 0 Å². The molecule has 0 aliphatic carbocycles. The maximum absolute atomic E-state index is 6.05. The highest BCUT2D eigenvalue weighted by Gasteiger charge is 2.19. The van der Waals surface area contributed by atoms with Gasteiger partial charge in [0.2, 0.25) is 0 Å². The highest BCUT2D eigenvalue weighted by atomic mass is 32.1. The Bertz CT molecular complexity index is 1950. The molecule has 0 bridgehead atoms. The zero-order valence-corrected chi connectivity index (χ0v) is 24.8. The van der Waals surface area contributed by atoms with Gasteiger partial charge in [-0.1, -0.05) is 42.5 Å². The van der Waals surface area contributed by atoms with Crippen LogP contribution in [-0.2, 0) is 0 Å². The predicted octanol–water partition coefficient (Wildman–Crippen LogP) is 10.6. The molecule has 194 valence electrons. The summed E-state index contributed by atoms with van der Waals surface area (Å²) in [7, 11) is 3.53. The van der Waals surface area contributed by atoms with E-state index in [9.17, 15) is 0 Å². The number of fused-ring (bicyclic) bond motifs is 4. The Balaban J connectivity index is 1.41. The van der Waals surface area contributed by atoms with Crippen molar-refractivity contribution in [1.82, 2.24) is 0 Å². The van der Waals surface area contributed by atoms with Crippen molar-refractivity contribution in [3.05, 3.63) is 99.8 Å². The van der Waals surface area contributed by atoms with Crippen LogP contribution in [0, 0.1) is 13.8 Å². The molecule has 0 aliphatic rings. The summed E-state index contributed by atoms with van der Waals surface area (Å²) >= 11 is 7.91. The number of hydrogen-bond donors (Lipinski definition) is 1. The van der Waals surface area contributed by atoms with E-state index in [2.05, 4.69) is 105 Å². The summed E-state index contributed by atoms with van der Waals surface area (Å²) in [5.41, 5.74) is 3.71. The van der Waals surface area contributed by atoms with Gasteiger partial charge in [0.15, 0.2) is 0 Å². The number of ether oxygens (including phenoxy) is 2. The lowest BCUT2D eigenvalue weighted by atomic mass is 9.97. The van der Waals surface area contributed by atoms with Crippen molar-refractivity contribution in [2.45, 2.75) is 18.7 Å². The van der Waals surface area contributed by atoms with Crippen molar-refractivity contribution in [3.8, 4) is 11.5 Å². The second-order valence-electron chi connectivity index (χ2n) is 9.56. The maximum Gasteiger partial charge on any atom is 0.134 e. The van der Waals surface area contributed by atoms with Gasteiger partial charge >= 0.3 is 0 Å². The molecule has 39 heavy (non-hydrogen) atoms. The van der Waals surface area contributed by atoms with E-state index in [0.717, 1.165) is 43.5 Å². The molecular weight excluding hydrogens is 537 g/mol. The van der Waals surface area contributed by atoms with E-state index in [0.29, 0.717) is 0 Å². The largest absolute Gasteiger partial charge is 0.495 e. The van der Waals surface area contributed by atoms with Crippen LogP contribution >= 0.6 is 35.3 Å². The Kier molecular flexibility index (Phi) is 6.98. The van der Waals surface area contributed by atoms with Crippen molar-refractivity contribution in [2.24, 2.45) is 0 Å². The molecule has 0 radical (unpaired) electrons. The fourth-order valence-electron chi connectivity index (χ4n) is 5.15. The Labute approximate surface area is 241 Å². The first kappa shape index (κ1) is 25.8. The number of benzene rings is 4. The normalized spacial score (nSPS) is 12.4. The molecule has 0 N–H and O–H groups in total. The fourth-order valence-corrected chi connectivity index (χ4v) is 7.41. The molecule has 2 nitrogen and oxygen atoms in total. The van der Waals surface area contributed by atoms with Crippen LogP contribution in [0.3, 0.4) is 0 Å². The average Bonchev–Trinajstić information content (AvgIpc) is 3.46. The average molecular weight is 565 g/mol. The molecule has 4 aromatic carbocycles. The van der Waals surface area contributed by atoms with Gasteiger partial charge in [-0.25, -0.2) is 0 Å². The molecular formula is C34H28O2S3. The number of hydrogen-bond acceptors (Lipinski definition) is 5. The number of methoxy groups -OCH3 is 2. The Morgan fingerprint density at radius 1 is 0.667 bits per heavy atom. The summed E-state index contributed by atoms with van der Waals surface area (Å²) < 4.78 is 14.6. The summed E-state index contributed by atoms with van der Waals surface area (Å²) in [5, 5.41) is 9.06. The standard InChI is InChI=1S/C34H28O2S3/c1-20-19-38-31-17-28-26(15-24(20)31)33(35-3)29-18-32-25(16-27(29)34(28)36-4)21(2)30(39-32)10-8-6-5-7-9-22-11-13-23(37)14-12-22/h5-19,37H,1-4H3/b6-5+,9-7+,10-8+. The molecule has 0 saturated heterocycles. The lowest BCUT2D eigenvalue weighted by Gasteiger charge is -2.16. The summed E-state index contributed by atoms with van der Waals surface area (Å²) in [5.74, 6) is 1.80. The molecule has 0 unspecified atom stereocenters. The molecule has 6 aromatic rings. The zero-order valence-electron chi connectivity index (χ0n) is 22.2. The van der Waals surface area contributed by atoms with E-state index in [-0.39, 0.29) is 0 Å². The minimum absolute atomic E-state index is 0.900. The smallest absolute Gasteiger partial charge is 0.134 e. The lowest BCUT2D eigenvalue weighted by molar-refractivity contribution is 0.418.